The minimum atomic E-state index is -0.118. The van der Waals surface area contributed by atoms with Gasteiger partial charge in [0.2, 0.25) is 0 Å². The molecule has 1 heteroatoms. The molecule has 1 aliphatic heterocycles. The molecule has 0 saturated carbocycles. The van der Waals surface area contributed by atoms with Crippen molar-refractivity contribution in [1.82, 2.24) is 0 Å². The number of benzene rings is 1. The van der Waals surface area contributed by atoms with Crippen LogP contribution in [-0.4, -0.2) is 20.9 Å². The average Bonchev–Trinajstić information content (AvgIpc) is 2.46. The molecule has 19 heavy (non-hydrogen) atoms. The molecule has 2 rings (SSSR count). The summed E-state index contributed by atoms with van der Waals surface area (Å²) in [6.07, 6.45) is 16.8. The number of unbranched alkanes of at least 4 members (excludes halogenated alkanes) is 6. The van der Waals surface area contributed by atoms with Crippen LogP contribution in [0.3, 0.4) is 0 Å². The molecule has 0 radical (unpaired) electrons. The average molecular weight is 368 g/mol. The SMILES string of the molecule is CCCCCCCC/C=C1/C=Cc2ccccc2[Te]1. The van der Waals surface area contributed by atoms with Crippen molar-refractivity contribution in [2.45, 2.75) is 51.9 Å². The maximum atomic E-state index is 2.49. The number of hydrogen-bond acceptors (Lipinski definition) is 0. The van der Waals surface area contributed by atoms with Crippen molar-refractivity contribution in [2.75, 3.05) is 0 Å². The van der Waals surface area contributed by atoms with Gasteiger partial charge in [-0.25, -0.2) is 0 Å². The normalized spacial score (nSPS) is 15.7. The molecule has 0 N–H and O–H groups in total. The standard InChI is InChI=1S/C18H24Te/c1-2-3-4-5-6-7-8-12-17-15-14-16-11-9-10-13-18(16)19-17/h9-15H,2-8H2,1H3/b17-12-. The van der Waals surface area contributed by atoms with E-state index in [1.165, 1.54) is 50.5 Å². The molecular formula is C18H24Te. The van der Waals surface area contributed by atoms with Crippen LogP contribution in [0.4, 0.5) is 0 Å². The first-order valence-corrected chi connectivity index (χ1v) is 9.88. The zero-order chi connectivity index (χ0) is 13.3. The third kappa shape index (κ3) is 5.17. The van der Waals surface area contributed by atoms with Crippen LogP contribution in [0.2, 0.25) is 0 Å². The quantitative estimate of drug-likeness (QED) is 0.485. The Kier molecular flexibility index (Phi) is 6.75. The second-order valence-corrected chi connectivity index (χ2v) is 8.32. The Bertz CT molecular complexity index is 443. The van der Waals surface area contributed by atoms with Gasteiger partial charge < -0.3 is 0 Å². The Morgan fingerprint density at radius 3 is 2.63 bits per heavy atom. The Morgan fingerprint density at radius 1 is 0.947 bits per heavy atom. The van der Waals surface area contributed by atoms with Gasteiger partial charge in [-0.3, -0.25) is 0 Å². The number of allylic oxidation sites excluding steroid dienone is 3. The molecule has 0 nitrogen and oxygen atoms in total. The van der Waals surface area contributed by atoms with Crippen LogP contribution in [0, 0.1) is 0 Å². The summed E-state index contributed by atoms with van der Waals surface area (Å²) in [6, 6.07) is 8.86. The molecule has 0 saturated heterocycles. The molecule has 0 aliphatic carbocycles. The molecule has 0 unspecified atom stereocenters. The molecule has 0 spiro atoms. The first kappa shape index (κ1) is 14.9. The van der Waals surface area contributed by atoms with E-state index in [2.05, 4.69) is 49.4 Å². The van der Waals surface area contributed by atoms with Gasteiger partial charge in [0.05, 0.1) is 0 Å². The van der Waals surface area contributed by atoms with Crippen molar-refractivity contribution in [3.05, 3.63) is 45.6 Å². The number of fused-ring (bicyclic) bond motifs is 1. The fraction of sp³-hybridized carbons (Fsp3) is 0.444. The van der Waals surface area contributed by atoms with E-state index in [9.17, 15) is 0 Å². The predicted octanol–water partition coefficient (Wildman–Crippen LogP) is 4.68. The molecule has 0 bridgehead atoms. The van der Waals surface area contributed by atoms with Gasteiger partial charge in [-0.2, -0.15) is 0 Å². The third-order valence-corrected chi connectivity index (χ3v) is 6.70. The van der Waals surface area contributed by atoms with Gasteiger partial charge in [-0.05, 0) is 0 Å². The van der Waals surface area contributed by atoms with E-state index in [1.807, 2.05) is 0 Å². The fourth-order valence-corrected chi connectivity index (χ4v) is 5.15. The van der Waals surface area contributed by atoms with Gasteiger partial charge >= 0.3 is 128 Å². The molecule has 0 fully saturated rings. The van der Waals surface area contributed by atoms with Crippen LogP contribution < -0.4 is 3.61 Å². The van der Waals surface area contributed by atoms with E-state index in [0.717, 1.165) is 0 Å². The Hall–Kier alpha value is -0.510. The zero-order valence-corrected chi connectivity index (χ0v) is 14.2. The van der Waals surface area contributed by atoms with E-state index >= 15 is 0 Å². The second-order valence-electron chi connectivity index (χ2n) is 5.14. The van der Waals surface area contributed by atoms with E-state index in [-0.39, 0.29) is 20.9 Å². The summed E-state index contributed by atoms with van der Waals surface area (Å²) in [4.78, 5) is 0. The van der Waals surface area contributed by atoms with Crippen molar-refractivity contribution < 1.29 is 0 Å². The summed E-state index contributed by atoms with van der Waals surface area (Å²) in [5, 5.41) is 0. The summed E-state index contributed by atoms with van der Waals surface area (Å²) >= 11 is -0.118. The molecule has 0 aromatic heterocycles. The van der Waals surface area contributed by atoms with Crippen molar-refractivity contribution in [3.8, 4) is 0 Å². The van der Waals surface area contributed by atoms with E-state index in [0.29, 0.717) is 0 Å². The van der Waals surface area contributed by atoms with Crippen molar-refractivity contribution in [1.29, 1.82) is 0 Å². The van der Waals surface area contributed by atoms with Crippen LogP contribution in [0.1, 0.15) is 57.4 Å². The van der Waals surface area contributed by atoms with E-state index in [4.69, 9.17) is 0 Å². The van der Waals surface area contributed by atoms with Crippen LogP contribution in [0.5, 0.6) is 0 Å². The Morgan fingerprint density at radius 2 is 1.74 bits per heavy atom. The van der Waals surface area contributed by atoms with E-state index in [1.54, 1.807) is 7.23 Å². The van der Waals surface area contributed by atoms with Gasteiger partial charge in [0.1, 0.15) is 0 Å². The topological polar surface area (TPSA) is 0 Å². The second kappa shape index (κ2) is 8.62. The maximum absolute atomic E-state index is 2.49. The monoisotopic (exact) mass is 370 g/mol. The van der Waals surface area contributed by atoms with Gasteiger partial charge in [0, 0.05) is 0 Å². The third-order valence-electron chi connectivity index (χ3n) is 3.48. The summed E-state index contributed by atoms with van der Waals surface area (Å²) in [5.74, 6) is 0. The summed E-state index contributed by atoms with van der Waals surface area (Å²) in [6.45, 7) is 2.28. The summed E-state index contributed by atoms with van der Waals surface area (Å²) in [7, 11) is 0. The van der Waals surface area contributed by atoms with Crippen molar-refractivity contribution >= 4 is 30.6 Å². The van der Waals surface area contributed by atoms with Gasteiger partial charge in [0.25, 0.3) is 0 Å². The Balaban J connectivity index is 1.71. The fourth-order valence-electron chi connectivity index (χ4n) is 2.32. The van der Waals surface area contributed by atoms with Crippen LogP contribution in [-0.2, 0) is 0 Å². The van der Waals surface area contributed by atoms with Crippen LogP contribution in [0.25, 0.3) is 6.08 Å². The van der Waals surface area contributed by atoms with Gasteiger partial charge in [-0.1, -0.05) is 0 Å². The molecular weight excluding hydrogens is 344 g/mol. The molecule has 0 atom stereocenters. The molecule has 102 valence electrons. The van der Waals surface area contributed by atoms with Crippen molar-refractivity contribution in [2.24, 2.45) is 0 Å². The first-order chi connectivity index (χ1) is 9.40. The van der Waals surface area contributed by atoms with Crippen LogP contribution >= 0.6 is 0 Å². The number of hydrogen-bond donors (Lipinski definition) is 0. The summed E-state index contributed by atoms with van der Waals surface area (Å²) < 4.78 is 3.22. The molecule has 1 aliphatic rings. The molecule has 1 aromatic rings. The summed E-state index contributed by atoms with van der Waals surface area (Å²) in [5.41, 5.74) is 1.45. The van der Waals surface area contributed by atoms with Crippen molar-refractivity contribution in [3.63, 3.8) is 0 Å². The Labute approximate surface area is 128 Å². The zero-order valence-electron chi connectivity index (χ0n) is 11.9. The van der Waals surface area contributed by atoms with E-state index < -0.39 is 0 Å². The molecule has 0 amide bonds. The first-order valence-electron chi connectivity index (χ1n) is 7.55. The number of rotatable bonds is 7. The minimum absolute atomic E-state index is 0.118. The molecule has 1 aromatic carbocycles. The van der Waals surface area contributed by atoms with Gasteiger partial charge in [-0.15, -0.1) is 0 Å². The van der Waals surface area contributed by atoms with Crippen LogP contribution in [0.15, 0.2) is 40.0 Å². The predicted molar refractivity (Wildman–Crippen MR) is 86.9 cm³/mol. The molecule has 1 heterocycles. The van der Waals surface area contributed by atoms with Gasteiger partial charge in [0.15, 0.2) is 0 Å².